The largest absolute Gasteiger partial charge is 0.496 e. The quantitative estimate of drug-likeness (QED) is 0.610. The lowest BCUT2D eigenvalue weighted by Gasteiger charge is -2.14. The van der Waals surface area contributed by atoms with Crippen LogP contribution in [0.4, 0.5) is 10.5 Å². The number of pyridine rings is 1. The molecule has 2 aromatic rings. The van der Waals surface area contributed by atoms with E-state index in [4.69, 9.17) is 9.47 Å². The van der Waals surface area contributed by atoms with Crippen molar-refractivity contribution in [2.75, 3.05) is 26.1 Å². The molecule has 30 heavy (non-hydrogen) atoms. The van der Waals surface area contributed by atoms with E-state index in [1.165, 1.54) is 18.2 Å². The Morgan fingerprint density at radius 3 is 2.67 bits per heavy atom. The lowest BCUT2D eigenvalue weighted by molar-refractivity contribution is -0.127. The molecule has 4 amide bonds. The summed E-state index contributed by atoms with van der Waals surface area (Å²) in [7, 11) is 3.09. The molecule has 2 heterocycles. The van der Waals surface area contributed by atoms with Crippen molar-refractivity contribution in [3.05, 3.63) is 48.2 Å². The summed E-state index contributed by atoms with van der Waals surface area (Å²) in [6.45, 7) is 0.241. The number of hydrogen-bond acceptors (Lipinski definition) is 6. The second-order valence-corrected chi connectivity index (χ2v) is 6.73. The zero-order chi connectivity index (χ0) is 21.5. The topological polar surface area (TPSA) is 110 Å². The highest BCUT2D eigenvalue weighted by Gasteiger charge is 2.37. The molecule has 0 radical (unpaired) electrons. The normalized spacial score (nSPS) is 15.7. The molecule has 9 nitrogen and oxygen atoms in total. The van der Waals surface area contributed by atoms with E-state index in [-0.39, 0.29) is 31.2 Å². The van der Waals surface area contributed by atoms with Crippen LogP contribution in [-0.2, 0) is 16.0 Å². The first-order valence-corrected chi connectivity index (χ1v) is 9.55. The van der Waals surface area contributed by atoms with E-state index in [0.29, 0.717) is 23.7 Å². The third-order valence-electron chi connectivity index (χ3n) is 4.79. The molecule has 1 aliphatic rings. The van der Waals surface area contributed by atoms with Crippen LogP contribution in [0.25, 0.3) is 0 Å². The summed E-state index contributed by atoms with van der Waals surface area (Å²) in [4.78, 5) is 42.1. The van der Waals surface area contributed by atoms with Gasteiger partial charge in [-0.15, -0.1) is 0 Å². The third kappa shape index (κ3) is 5.05. The summed E-state index contributed by atoms with van der Waals surface area (Å²) < 4.78 is 10.3. The fourth-order valence-electron chi connectivity index (χ4n) is 3.20. The van der Waals surface area contributed by atoms with Crippen LogP contribution >= 0.6 is 0 Å². The van der Waals surface area contributed by atoms with Gasteiger partial charge in [-0.3, -0.25) is 14.5 Å². The van der Waals surface area contributed by atoms with Crippen molar-refractivity contribution < 1.29 is 23.9 Å². The first-order valence-electron chi connectivity index (χ1n) is 9.55. The number of carbonyl (C=O) groups excluding carboxylic acids is 3. The van der Waals surface area contributed by atoms with Crippen molar-refractivity contribution >= 4 is 23.5 Å². The number of nitrogens with one attached hydrogen (secondary N) is 2. The van der Waals surface area contributed by atoms with Crippen LogP contribution in [0.2, 0.25) is 0 Å². The Morgan fingerprint density at radius 2 is 1.97 bits per heavy atom. The van der Waals surface area contributed by atoms with Gasteiger partial charge in [0.25, 0.3) is 5.91 Å². The number of amides is 4. The highest BCUT2D eigenvalue weighted by molar-refractivity contribution is 6.04. The lowest BCUT2D eigenvalue weighted by atomic mass is 10.1. The summed E-state index contributed by atoms with van der Waals surface area (Å²) in [5.74, 6) is 0.566. The Bertz CT molecular complexity index is 916. The maximum atomic E-state index is 12.6. The van der Waals surface area contributed by atoms with Gasteiger partial charge in [-0.25, -0.2) is 9.78 Å². The van der Waals surface area contributed by atoms with E-state index in [1.54, 1.807) is 19.2 Å². The van der Waals surface area contributed by atoms with Crippen LogP contribution in [-0.4, -0.2) is 54.5 Å². The molecule has 3 rings (SSSR count). The minimum Gasteiger partial charge on any atom is -0.496 e. The van der Waals surface area contributed by atoms with Gasteiger partial charge in [0.1, 0.15) is 11.8 Å². The molecule has 1 saturated heterocycles. The number of methoxy groups -OCH3 is 2. The summed E-state index contributed by atoms with van der Waals surface area (Å²) in [5.41, 5.74) is 1.44. The van der Waals surface area contributed by atoms with Crippen LogP contribution in [0.1, 0.15) is 18.4 Å². The standard InChI is InChI=1S/C21H24N4O5/c1-29-17-6-4-3-5-14(17)11-12-25-20(27)16(24-21(25)28)8-9-18(26)23-15-7-10-19(30-2)22-13-15/h3-7,10,13,16H,8-9,11-12H2,1-2H3,(H,23,26)(H,24,28). The van der Waals surface area contributed by atoms with E-state index in [0.717, 1.165) is 5.56 Å². The number of hydrogen-bond donors (Lipinski definition) is 2. The van der Waals surface area contributed by atoms with Gasteiger partial charge in [0.05, 0.1) is 26.1 Å². The van der Waals surface area contributed by atoms with Crippen molar-refractivity contribution in [1.29, 1.82) is 0 Å². The number of nitrogens with zero attached hydrogens (tertiary/aromatic N) is 2. The Labute approximate surface area is 174 Å². The highest BCUT2D eigenvalue weighted by atomic mass is 16.5. The molecule has 1 aromatic heterocycles. The SMILES string of the molecule is COc1ccc(NC(=O)CCC2NC(=O)N(CCc3ccccc3OC)C2=O)cn1. The average molecular weight is 412 g/mol. The van der Waals surface area contributed by atoms with Crippen LogP contribution in [0.15, 0.2) is 42.6 Å². The van der Waals surface area contributed by atoms with Gasteiger partial charge in [0, 0.05) is 19.0 Å². The first kappa shape index (κ1) is 21.1. The van der Waals surface area contributed by atoms with Gasteiger partial charge in [-0.1, -0.05) is 18.2 Å². The second-order valence-electron chi connectivity index (χ2n) is 6.73. The van der Waals surface area contributed by atoms with Crippen LogP contribution < -0.4 is 20.1 Å². The van der Waals surface area contributed by atoms with Gasteiger partial charge in [0.15, 0.2) is 0 Å². The summed E-state index contributed by atoms with van der Waals surface area (Å²) in [6.07, 6.45) is 2.27. The molecule has 0 aliphatic carbocycles. The Balaban J connectivity index is 1.49. The number of rotatable bonds is 9. The molecule has 9 heteroatoms. The zero-order valence-electron chi connectivity index (χ0n) is 16.9. The fourth-order valence-corrected chi connectivity index (χ4v) is 3.20. The van der Waals surface area contributed by atoms with E-state index in [9.17, 15) is 14.4 Å². The van der Waals surface area contributed by atoms with E-state index < -0.39 is 12.1 Å². The molecule has 0 spiro atoms. The monoisotopic (exact) mass is 412 g/mol. The van der Waals surface area contributed by atoms with Crippen molar-refractivity contribution in [2.45, 2.75) is 25.3 Å². The van der Waals surface area contributed by atoms with Crippen molar-refractivity contribution in [3.8, 4) is 11.6 Å². The van der Waals surface area contributed by atoms with Gasteiger partial charge in [-0.2, -0.15) is 0 Å². The predicted molar refractivity (Wildman–Crippen MR) is 109 cm³/mol. The first-order chi connectivity index (χ1) is 14.5. The maximum absolute atomic E-state index is 12.6. The van der Waals surface area contributed by atoms with Crippen LogP contribution in [0.5, 0.6) is 11.6 Å². The zero-order valence-corrected chi connectivity index (χ0v) is 16.9. The van der Waals surface area contributed by atoms with Gasteiger partial charge < -0.3 is 20.1 Å². The highest BCUT2D eigenvalue weighted by Crippen LogP contribution is 2.20. The summed E-state index contributed by atoms with van der Waals surface area (Å²) >= 11 is 0. The van der Waals surface area contributed by atoms with Crippen molar-refractivity contribution in [1.82, 2.24) is 15.2 Å². The van der Waals surface area contributed by atoms with E-state index in [2.05, 4.69) is 15.6 Å². The number of ether oxygens (including phenoxy) is 2. The molecule has 1 unspecified atom stereocenters. The number of urea groups is 1. The Morgan fingerprint density at radius 1 is 1.17 bits per heavy atom. The Hall–Kier alpha value is -3.62. The molecule has 2 N–H and O–H groups in total. The van der Waals surface area contributed by atoms with E-state index >= 15 is 0 Å². The smallest absolute Gasteiger partial charge is 0.324 e. The molecule has 1 aliphatic heterocycles. The number of anilines is 1. The van der Waals surface area contributed by atoms with Gasteiger partial charge in [-0.05, 0) is 30.5 Å². The van der Waals surface area contributed by atoms with E-state index in [1.807, 2.05) is 24.3 Å². The number of aromatic nitrogens is 1. The molecule has 1 aromatic carbocycles. The minimum absolute atomic E-state index is 0.0864. The third-order valence-corrected chi connectivity index (χ3v) is 4.79. The van der Waals surface area contributed by atoms with Crippen molar-refractivity contribution in [3.63, 3.8) is 0 Å². The predicted octanol–water partition coefficient (Wildman–Crippen LogP) is 1.98. The molecule has 0 saturated carbocycles. The minimum atomic E-state index is -0.713. The van der Waals surface area contributed by atoms with Gasteiger partial charge in [0.2, 0.25) is 11.8 Å². The van der Waals surface area contributed by atoms with Gasteiger partial charge >= 0.3 is 6.03 Å². The van der Waals surface area contributed by atoms with Crippen LogP contribution in [0.3, 0.4) is 0 Å². The fraction of sp³-hybridized carbons (Fsp3) is 0.333. The molecule has 0 bridgehead atoms. The second kappa shape index (κ2) is 9.73. The van der Waals surface area contributed by atoms with Crippen LogP contribution in [0, 0.1) is 0 Å². The molecule has 158 valence electrons. The summed E-state index contributed by atoms with van der Waals surface area (Å²) in [5, 5.41) is 5.36. The number of carbonyl (C=O) groups is 3. The number of para-hydroxylation sites is 1. The molecular formula is C21H24N4O5. The summed E-state index contributed by atoms with van der Waals surface area (Å²) in [6, 6.07) is 9.62. The maximum Gasteiger partial charge on any atom is 0.324 e. The number of benzene rings is 1. The molecular weight excluding hydrogens is 388 g/mol. The molecule has 1 atom stereocenters. The number of imide groups is 1. The molecule has 1 fully saturated rings. The average Bonchev–Trinajstić information content (AvgIpc) is 3.04. The Kier molecular flexibility index (Phi) is 6.84. The van der Waals surface area contributed by atoms with Crippen molar-refractivity contribution in [2.24, 2.45) is 0 Å². The lowest BCUT2D eigenvalue weighted by Crippen LogP contribution is -2.33.